The summed E-state index contributed by atoms with van der Waals surface area (Å²) in [5.41, 5.74) is 1.32. The fraction of sp³-hybridized carbons (Fsp3) is 0.273. The summed E-state index contributed by atoms with van der Waals surface area (Å²) in [5, 5.41) is 2.93. The number of aromatic amines is 1. The van der Waals surface area contributed by atoms with Crippen LogP contribution in [0.25, 0.3) is 11.5 Å². The van der Waals surface area contributed by atoms with E-state index in [0.29, 0.717) is 11.5 Å². The van der Waals surface area contributed by atoms with Gasteiger partial charge in [-0.2, -0.15) is 0 Å². The Morgan fingerprint density at radius 1 is 1.11 bits per heavy atom. The Morgan fingerprint density at radius 3 is 2.48 bits per heavy atom. The first-order valence-corrected chi connectivity index (χ1v) is 9.00. The van der Waals surface area contributed by atoms with Gasteiger partial charge in [-0.15, -0.1) is 0 Å². The van der Waals surface area contributed by atoms with Crippen molar-refractivity contribution >= 4 is 5.91 Å². The van der Waals surface area contributed by atoms with E-state index in [1.54, 1.807) is 18.2 Å². The van der Waals surface area contributed by atoms with Crippen molar-refractivity contribution in [2.75, 3.05) is 0 Å². The monoisotopic (exact) mass is 364 g/mol. The van der Waals surface area contributed by atoms with Crippen LogP contribution in [0.3, 0.4) is 0 Å². The van der Waals surface area contributed by atoms with E-state index in [9.17, 15) is 9.59 Å². The fourth-order valence-electron chi connectivity index (χ4n) is 3.35. The van der Waals surface area contributed by atoms with Crippen molar-refractivity contribution in [3.8, 4) is 11.5 Å². The van der Waals surface area contributed by atoms with Crippen LogP contribution < -0.4 is 10.9 Å². The number of benzene rings is 1. The molecular formula is C22H24N2O3. The van der Waals surface area contributed by atoms with Gasteiger partial charge in [-0.25, -0.2) is 0 Å². The molecule has 1 atom stereocenters. The second kappa shape index (κ2) is 7.66. The largest absolute Gasteiger partial charge is 0.463 e. The molecule has 1 unspecified atom stereocenters. The highest BCUT2D eigenvalue weighted by Crippen LogP contribution is 2.28. The molecular weight excluding hydrogens is 340 g/mol. The molecule has 2 aromatic heterocycles. The topological polar surface area (TPSA) is 75.1 Å². The number of nitrogens with one attached hydrogen (secondary N) is 2. The van der Waals surface area contributed by atoms with E-state index in [1.807, 2.05) is 25.1 Å². The van der Waals surface area contributed by atoms with Crippen LogP contribution in [0.4, 0.5) is 0 Å². The Kier molecular flexibility index (Phi) is 5.31. The summed E-state index contributed by atoms with van der Waals surface area (Å²) in [7, 11) is 0. The summed E-state index contributed by atoms with van der Waals surface area (Å²) >= 11 is 0. The minimum Gasteiger partial charge on any atom is -0.463 e. The summed E-state index contributed by atoms with van der Waals surface area (Å²) in [6.07, 6.45) is 2.29. The van der Waals surface area contributed by atoms with Crippen molar-refractivity contribution in [3.05, 3.63) is 82.3 Å². The molecule has 5 nitrogen and oxygen atoms in total. The van der Waals surface area contributed by atoms with Gasteiger partial charge in [0.2, 0.25) is 0 Å². The third-order valence-corrected chi connectivity index (χ3v) is 4.69. The van der Waals surface area contributed by atoms with E-state index in [2.05, 4.69) is 36.3 Å². The molecule has 0 saturated carbocycles. The van der Waals surface area contributed by atoms with E-state index in [4.69, 9.17) is 4.42 Å². The Bertz CT molecular complexity index is 957. The van der Waals surface area contributed by atoms with Crippen molar-refractivity contribution in [3.63, 3.8) is 0 Å². The Balaban J connectivity index is 1.69. The summed E-state index contributed by atoms with van der Waals surface area (Å²) in [6, 6.07) is 16.8. The van der Waals surface area contributed by atoms with Crippen LogP contribution >= 0.6 is 0 Å². The molecule has 5 heteroatoms. The second-order valence-electron chi connectivity index (χ2n) is 7.42. The first kappa shape index (κ1) is 18.7. The highest BCUT2D eigenvalue weighted by molar-refractivity contribution is 5.94. The molecule has 0 spiro atoms. The smallest absolute Gasteiger partial charge is 0.261 e. The Morgan fingerprint density at radius 2 is 1.85 bits per heavy atom. The van der Waals surface area contributed by atoms with Crippen LogP contribution in [-0.4, -0.2) is 16.9 Å². The number of aromatic nitrogens is 1. The van der Waals surface area contributed by atoms with Crippen LogP contribution in [0.2, 0.25) is 0 Å². The van der Waals surface area contributed by atoms with Crippen LogP contribution in [0.5, 0.6) is 0 Å². The molecule has 0 bridgehead atoms. The van der Waals surface area contributed by atoms with Crippen molar-refractivity contribution in [2.24, 2.45) is 0 Å². The third-order valence-electron chi connectivity index (χ3n) is 4.69. The first-order valence-electron chi connectivity index (χ1n) is 9.00. The fourth-order valence-corrected chi connectivity index (χ4v) is 3.35. The minimum atomic E-state index is -0.434. The first-order chi connectivity index (χ1) is 12.9. The van der Waals surface area contributed by atoms with Gasteiger partial charge in [-0.05, 0) is 48.6 Å². The summed E-state index contributed by atoms with van der Waals surface area (Å²) in [6.45, 7) is 6.25. The molecule has 0 fully saturated rings. The number of hydrogen-bond donors (Lipinski definition) is 2. The molecule has 1 amide bonds. The molecule has 0 aliphatic heterocycles. The highest BCUT2D eigenvalue weighted by atomic mass is 16.3. The number of rotatable bonds is 6. The van der Waals surface area contributed by atoms with E-state index in [1.165, 1.54) is 17.9 Å². The average Bonchev–Trinajstić information content (AvgIpc) is 3.16. The molecule has 2 N–H and O–H groups in total. The van der Waals surface area contributed by atoms with E-state index < -0.39 is 5.56 Å². The quantitative estimate of drug-likeness (QED) is 0.691. The van der Waals surface area contributed by atoms with E-state index in [-0.39, 0.29) is 22.9 Å². The molecule has 0 aliphatic carbocycles. The Hall–Kier alpha value is -3.08. The SMILES string of the molecule is CC(CC(C)(C)c1ccccc1)NC(=O)c1ccc(-c2ccco2)[nH]c1=O. The van der Waals surface area contributed by atoms with Crippen molar-refractivity contribution in [1.29, 1.82) is 0 Å². The maximum atomic E-state index is 12.5. The summed E-state index contributed by atoms with van der Waals surface area (Å²) in [5.74, 6) is 0.177. The lowest BCUT2D eigenvalue weighted by molar-refractivity contribution is 0.0933. The second-order valence-corrected chi connectivity index (χ2v) is 7.42. The van der Waals surface area contributed by atoms with Crippen LogP contribution in [-0.2, 0) is 5.41 Å². The van der Waals surface area contributed by atoms with Gasteiger partial charge >= 0.3 is 0 Å². The lowest BCUT2D eigenvalue weighted by atomic mass is 9.79. The zero-order valence-electron chi connectivity index (χ0n) is 15.8. The molecule has 140 valence electrons. The van der Waals surface area contributed by atoms with Gasteiger partial charge in [0.1, 0.15) is 11.3 Å². The molecule has 2 heterocycles. The number of pyridine rings is 1. The molecule has 0 saturated heterocycles. The molecule has 3 aromatic rings. The molecule has 0 aliphatic rings. The van der Waals surface area contributed by atoms with Crippen molar-refractivity contribution in [1.82, 2.24) is 10.3 Å². The third kappa shape index (κ3) is 4.37. The molecule has 3 rings (SSSR count). The minimum absolute atomic E-state index is 0.0862. The van der Waals surface area contributed by atoms with Crippen LogP contribution in [0.1, 0.15) is 43.1 Å². The summed E-state index contributed by atoms with van der Waals surface area (Å²) in [4.78, 5) is 27.5. The van der Waals surface area contributed by atoms with Gasteiger partial charge in [-0.1, -0.05) is 44.2 Å². The van der Waals surface area contributed by atoms with Gasteiger partial charge in [0, 0.05) is 6.04 Å². The number of hydrogen-bond acceptors (Lipinski definition) is 3. The van der Waals surface area contributed by atoms with Crippen LogP contribution in [0, 0.1) is 0 Å². The number of carbonyl (C=O) groups excluding carboxylic acids is 1. The lowest BCUT2D eigenvalue weighted by Gasteiger charge is -2.29. The number of H-pyrrole nitrogens is 1. The predicted molar refractivity (Wildman–Crippen MR) is 106 cm³/mol. The van der Waals surface area contributed by atoms with Gasteiger partial charge in [0.25, 0.3) is 11.5 Å². The van der Waals surface area contributed by atoms with Crippen LogP contribution in [0.15, 0.2) is 70.1 Å². The zero-order valence-corrected chi connectivity index (χ0v) is 15.8. The van der Waals surface area contributed by atoms with Gasteiger partial charge < -0.3 is 14.7 Å². The highest BCUT2D eigenvalue weighted by Gasteiger charge is 2.24. The van der Waals surface area contributed by atoms with E-state index in [0.717, 1.165) is 6.42 Å². The maximum absolute atomic E-state index is 12.5. The van der Waals surface area contributed by atoms with Gasteiger partial charge in [0.15, 0.2) is 0 Å². The van der Waals surface area contributed by atoms with Gasteiger partial charge in [0.05, 0.1) is 12.0 Å². The predicted octanol–water partition coefficient (Wildman–Crippen LogP) is 4.12. The number of carbonyl (C=O) groups is 1. The maximum Gasteiger partial charge on any atom is 0.261 e. The molecule has 1 aromatic carbocycles. The molecule has 27 heavy (non-hydrogen) atoms. The lowest BCUT2D eigenvalue weighted by Crippen LogP contribution is -2.39. The average molecular weight is 364 g/mol. The van der Waals surface area contributed by atoms with E-state index >= 15 is 0 Å². The Labute approximate surface area is 158 Å². The van der Waals surface area contributed by atoms with Gasteiger partial charge in [-0.3, -0.25) is 9.59 Å². The standard InChI is InChI=1S/C22H24N2O3/c1-15(14-22(2,3)16-8-5-4-6-9-16)23-20(25)17-11-12-18(24-21(17)26)19-10-7-13-27-19/h4-13,15H,14H2,1-3H3,(H,23,25)(H,24,26). The zero-order chi connectivity index (χ0) is 19.4. The number of furan rings is 1. The normalized spacial score (nSPS) is 12.6. The number of amides is 1. The van der Waals surface area contributed by atoms with Crippen molar-refractivity contribution < 1.29 is 9.21 Å². The molecule has 0 radical (unpaired) electrons. The van der Waals surface area contributed by atoms with Crippen molar-refractivity contribution in [2.45, 2.75) is 38.6 Å². The summed E-state index contributed by atoms with van der Waals surface area (Å²) < 4.78 is 5.27.